The molecular weight excluding hydrogens is 302 g/mol. The van der Waals surface area contributed by atoms with Gasteiger partial charge in [0.1, 0.15) is 5.75 Å². The Balaban J connectivity index is 1.92. The van der Waals surface area contributed by atoms with Crippen LogP contribution in [-0.2, 0) is 15.1 Å². The van der Waals surface area contributed by atoms with Crippen LogP contribution in [0.5, 0.6) is 5.75 Å². The second-order valence-corrected chi connectivity index (χ2v) is 6.24. The van der Waals surface area contributed by atoms with E-state index in [4.69, 9.17) is 9.47 Å². The standard InChI is InChI=1S/C20H23NO3/c1-15-13-20(23-2,8-9-24-15)17-10-18(12-19(22)11-17)21-14-16-6-4-3-5-7-16/h3-7,10-12,14-15,22H,8-9,13H2,1-2H3. The second kappa shape index (κ2) is 7.16. The van der Waals surface area contributed by atoms with Gasteiger partial charge in [-0.15, -0.1) is 0 Å². The van der Waals surface area contributed by atoms with E-state index in [1.165, 1.54) is 0 Å². The van der Waals surface area contributed by atoms with E-state index in [0.29, 0.717) is 12.3 Å². The average Bonchev–Trinajstić information content (AvgIpc) is 2.60. The minimum Gasteiger partial charge on any atom is -0.508 e. The van der Waals surface area contributed by atoms with Crippen molar-refractivity contribution < 1.29 is 14.6 Å². The minimum absolute atomic E-state index is 0.123. The summed E-state index contributed by atoms with van der Waals surface area (Å²) in [6, 6.07) is 15.3. The molecule has 1 saturated heterocycles. The van der Waals surface area contributed by atoms with Gasteiger partial charge in [0.25, 0.3) is 0 Å². The molecule has 2 unspecified atom stereocenters. The maximum atomic E-state index is 10.1. The Bertz CT molecular complexity index is 714. The second-order valence-electron chi connectivity index (χ2n) is 6.24. The Labute approximate surface area is 142 Å². The first kappa shape index (κ1) is 16.7. The van der Waals surface area contributed by atoms with E-state index in [-0.39, 0.29) is 11.9 Å². The van der Waals surface area contributed by atoms with Crippen LogP contribution in [0.25, 0.3) is 0 Å². The zero-order valence-electron chi connectivity index (χ0n) is 14.1. The summed E-state index contributed by atoms with van der Waals surface area (Å²) >= 11 is 0. The van der Waals surface area contributed by atoms with Gasteiger partial charge >= 0.3 is 0 Å². The van der Waals surface area contributed by atoms with Crippen LogP contribution in [0.2, 0.25) is 0 Å². The fourth-order valence-corrected chi connectivity index (χ4v) is 3.24. The molecule has 4 nitrogen and oxygen atoms in total. The highest BCUT2D eigenvalue weighted by atomic mass is 16.5. The summed E-state index contributed by atoms with van der Waals surface area (Å²) in [5.74, 6) is 0.197. The monoisotopic (exact) mass is 325 g/mol. The summed E-state index contributed by atoms with van der Waals surface area (Å²) in [5.41, 5.74) is 2.24. The lowest BCUT2D eigenvalue weighted by Crippen LogP contribution is -2.39. The van der Waals surface area contributed by atoms with E-state index >= 15 is 0 Å². The van der Waals surface area contributed by atoms with E-state index < -0.39 is 5.60 Å². The molecule has 1 aliphatic rings. The largest absolute Gasteiger partial charge is 0.508 e. The SMILES string of the molecule is COC1(c2cc(O)cc(N=Cc3ccccc3)c2)CCOC(C)C1. The number of ether oxygens (including phenoxy) is 2. The highest BCUT2D eigenvalue weighted by molar-refractivity contribution is 5.82. The number of hydrogen-bond acceptors (Lipinski definition) is 4. The van der Waals surface area contributed by atoms with Crippen molar-refractivity contribution in [3.8, 4) is 5.75 Å². The van der Waals surface area contributed by atoms with Crippen molar-refractivity contribution in [3.05, 3.63) is 59.7 Å². The number of hydrogen-bond donors (Lipinski definition) is 1. The summed E-state index contributed by atoms with van der Waals surface area (Å²) in [5, 5.41) is 10.1. The van der Waals surface area contributed by atoms with Crippen LogP contribution < -0.4 is 0 Å². The van der Waals surface area contributed by atoms with Crippen LogP contribution in [0.1, 0.15) is 30.9 Å². The molecule has 0 amide bonds. The van der Waals surface area contributed by atoms with E-state index in [1.54, 1.807) is 25.5 Å². The van der Waals surface area contributed by atoms with Gasteiger partial charge in [0, 0.05) is 32.2 Å². The van der Waals surface area contributed by atoms with E-state index in [2.05, 4.69) is 4.99 Å². The molecule has 0 spiro atoms. The van der Waals surface area contributed by atoms with Gasteiger partial charge in [0.05, 0.1) is 24.0 Å². The van der Waals surface area contributed by atoms with Crippen LogP contribution in [-0.4, -0.2) is 31.1 Å². The number of aromatic hydroxyl groups is 1. The highest BCUT2D eigenvalue weighted by Crippen LogP contribution is 2.40. The third-order valence-electron chi connectivity index (χ3n) is 4.51. The first-order valence-electron chi connectivity index (χ1n) is 8.22. The Hall–Kier alpha value is -2.17. The fourth-order valence-electron chi connectivity index (χ4n) is 3.24. The minimum atomic E-state index is -0.437. The van der Waals surface area contributed by atoms with Crippen molar-refractivity contribution in [1.29, 1.82) is 0 Å². The Morgan fingerprint density at radius 2 is 2.04 bits per heavy atom. The molecule has 0 aromatic heterocycles. The van der Waals surface area contributed by atoms with E-state index in [9.17, 15) is 5.11 Å². The molecule has 1 aliphatic heterocycles. The van der Waals surface area contributed by atoms with Crippen molar-refractivity contribution in [2.45, 2.75) is 31.5 Å². The molecule has 3 rings (SSSR count). The topological polar surface area (TPSA) is 51.0 Å². The predicted octanol–water partition coefficient (Wildman–Crippen LogP) is 4.18. The Morgan fingerprint density at radius 1 is 1.25 bits per heavy atom. The van der Waals surface area contributed by atoms with Crippen LogP contribution in [0.4, 0.5) is 5.69 Å². The highest BCUT2D eigenvalue weighted by Gasteiger charge is 2.37. The molecule has 0 saturated carbocycles. The molecule has 1 heterocycles. The molecule has 126 valence electrons. The van der Waals surface area contributed by atoms with Gasteiger partial charge in [0.15, 0.2) is 0 Å². The zero-order valence-corrected chi connectivity index (χ0v) is 14.1. The van der Waals surface area contributed by atoms with Gasteiger partial charge in [0.2, 0.25) is 0 Å². The zero-order chi connectivity index (χ0) is 17.0. The molecule has 1 N–H and O–H groups in total. The molecule has 1 fully saturated rings. The molecule has 2 aromatic carbocycles. The lowest BCUT2D eigenvalue weighted by molar-refractivity contribution is -0.122. The molecular formula is C20H23NO3. The van der Waals surface area contributed by atoms with Crippen molar-refractivity contribution >= 4 is 11.9 Å². The summed E-state index contributed by atoms with van der Waals surface area (Å²) in [6.45, 7) is 2.69. The molecule has 2 atom stereocenters. The Morgan fingerprint density at radius 3 is 2.75 bits per heavy atom. The van der Waals surface area contributed by atoms with Crippen LogP contribution in [0.3, 0.4) is 0 Å². The van der Waals surface area contributed by atoms with Gasteiger partial charge in [-0.25, -0.2) is 0 Å². The van der Waals surface area contributed by atoms with E-state index in [0.717, 1.165) is 24.0 Å². The van der Waals surface area contributed by atoms with Crippen molar-refractivity contribution in [2.75, 3.05) is 13.7 Å². The van der Waals surface area contributed by atoms with Crippen molar-refractivity contribution in [3.63, 3.8) is 0 Å². The summed E-state index contributed by atoms with van der Waals surface area (Å²) in [6.07, 6.45) is 3.44. The third kappa shape index (κ3) is 3.66. The number of nitrogens with zero attached hydrogens (tertiary/aromatic N) is 1. The maximum absolute atomic E-state index is 10.1. The molecule has 24 heavy (non-hydrogen) atoms. The lowest BCUT2D eigenvalue weighted by Gasteiger charge is -2.39. The number of phenols is 1. The maximum Gasteiger partial charge on any atom is 0.118 e. The molecule has 2 aromatic rings. The first-order valence-corrected chi connectivity index (χ1v) is 8.22. The summed E-state index contributed by atoms with van der Waals surface area (Å²) in [7, 11) is 1.72. The smallest absolute Gasteiger partial charge is 0.118 e. The molecule has 0 aliphatic carbocycles. The predicted molar refractivity (Wildman–Crippen MR) is 95.1 cm³/mol. The number of aliphatic imine (C=N–C) groups is 1. The van der Waals surface area contributed by atoms with Crippen LogP contribution >= 0.6 is 0 Å². The van der Waals surface area contributed by atoms with E-state index in [1.807, 2.05) is 43.3 Å². The fraction of sp³-hybridized carbons (Fsp3) is 0.350. The van der Waals surface area contributed by atoms with Gasteiger partial charge in [-0.2, -0.15) is 0 Å². The number of rotatable bonds is 4. The van der Waals surface area contributed by atoms with Crippen LogP contribution in [0.15, 0.2) is 53.5 Å². The van der Waals surface area contributed by atoms with Crippen molar-refractivity contribution in [1.82, 2.24) is 0 Å². The lowest BCUT2D eigenvalue weighted by atomic mass is 9.83. The molecule has 0 radical (unpaired) electrons. The quantitative estimate of drug-likeness (QED) is 0.858. The number of methoxy groups -OCH3 is 1. The summed E-state index contributed by atoms with van der Waals surface area (Å²) < 4.78 is 11.5. The Kier molecular flexibility index (Phi) is 4.97. The van der Waals surface area contributed by atoms with Gasteiger partial charge in [-0.05, 0) is 30.2 Å². The van der Waals surface area contributed by atoms with Crippen LogP contribution in [0, 0.1) is 0 Å². The van der Waals surface area contributed by atoms with Gasteiger partial charge in [-0.3, -0.25) is 4.99 Å². The molecule has 4 heteroatoms. The van der Waals surface area contributed by atoms with Gasteiger partial charge < -0.3 is 14.6 Å². The number of phenolic OH excluding ortho intramolecular Hbond substituents is 1. The first-order chi connectivity index (χ1) is 11.6. The number of benzene rings is 2. The average molecular weight is 325 g/mol. The normalized spacial score (nSPS) is 24.3. The molecule has 0 bridgehead atoms. The third-order valence-corrected chi connectivity index (χ3v) is 4.51. The van der Waals surface area contributed by atoms with Gasteiger partial charge in [-0.1, -0.05) is 30.3 Å². The van der Waals surface area contributed by atoms with Crippen molar-refractivity contribution in [2.24, 2.45) is 4.99 Å². The summed E-state index contributed by atoms with van der Waals surface area (Å²) in [4.78, 5) is 4.51.